The van der Waals surface area contributed by atoms with Crippen LogP contribution in [0.15, 0.2) is 59.3 Å². The average molecular weight is 421 g/mol. The van der Waals surface area contributed by atoms with Gasteiger partial charge in [0.05, 0.1) is 11.5 Å². The topological polar surface area (TPSA) is 86.2 Å². The number of nitrogens with zero attached hydrogens (tertiary/aromatic N) is 2. The van der Waals surface area contributed by atoms with Gasteiger partial charge in [0.15, 0.2) is 17.3 Å². The molecule has 2 heterocycles. The Kier molecular flexibility index (Phi) is 4.05. The van der Waals surface area contributed by atoms with E-state index in [1.807, 2.05) is 13.8 Å². The van der Waals surface area contributed by atoms with Crippen molar-refractivity contribution in [1.29, 1.82) is 0 Å². The number of ketones is 3. The highest BCUT2D eigenvalue weighted by Gasteiger charge is 2.48. The zero-order valence-corrected chi connectivity index (χ0v) is 17.1. The lowest BCUT2D eigenvalue weighted by atomic mass is 9.68. The molecule has 3 aliphatic rings. The van der Waals surface area contributed by atoms with E-state index >= 15 is 0 Å². The number of carbonyl (C=O) groups excluding carboxylic acids is 3. The van der Waals surface area contributed by atoms with E-state index in [-0.39, 0.29) is 39.4 Å². The summed E-state index contributed by atoms with van der Waals surface area (Å²) in [4.78, 5) is 48.0. The van der Waals surface area contributed by atoms with Crippen LogP contribution < -0.4 is 0 Å². The molecule has 1 aromatic heterocycles. The monoisotopic (exact) mass is 420 g/mol. The number of Topliss-reactive ketones (excluding diaryl/α,β-unsaturated/α-hetero) is 3. The van der Waals surface area contributed by atoms with Crippen molar-refractivity contribution in [3.8, 4) is 0 Å². The summed E-state index contributed by atoms with van der Waals surface area (Å²) in [6, 6.07) is 6.65. The number of allylic oxidation sites excluding steroid dienone is 4. The van der Waals surface area contributed by atoms with Crippen LogP contribution in [0.4, 0.5) is 0 Å². The van der Waals surface area contributed by atoms with Crippen molar-refractivity contribution in [1.82, 2.24) is 9.97 Å². The highest BCUT2D eigenvalue weighted by atomic mass is 35.5. The molecule has 6 nitrogen and oxygen atoms in total. The fourth-order valence-corrected chi connectivity index (χ4v) is 4.60. The van der Waals surface area contributed by atoms with E-state index in [1.54, 1.807) is 24.3 Å². The molecule has 0 spiro atoms. The normalized spacial score (nSPS) is 22.4. The highest BCUT2D eigenvalue weighted by Crippen LogP contribution is 2.50. The van der Waals surface area contributed by atoms with Crippen molar-refractivity contribution in [2.45, 2.75) is 32.6 Å². The van der Waals surface area contributed by atoms with Gasteiger partial charge < -0.3 is 4.74 Å². The summed E-state index contributed by atoms with van der Waals surface area (Å²) in [5.41, 5.74) is 1.39. The standard InChI is InChI=1S/C23H17ClN2O4/c1-23(2)7-14(27)17-15(8-23)30-21-18(16(17)11-9-25-22(24)26-10-11)19(28)12-5-3-4-6-13(12)20(21)29/h3-6,9-10,16H,7-8H2,1-2H3. The number of rotatable bonds is 1. The Morgan fingerprint density at radius 3 is 2.27 bits per heavy atom. The molecule has 0 N–H and O–H groups in total. The molecule has 2 aromatic rings. The van der Waals surface area contributed by atoms with Crippen molar-refractivity contribution in [2.24, 2.45) is 5.41 Å². The quantitative estimate of drug-likeness (QED) is 0.642. The third-order valence-corrected chi connectivity index (χ3v) is 5.96. The van der Waals surface area contributed by atoms with E-state index < -0.39 is 5.92 Å². The lowest BCUT2D eigenvalue weighted by molar-refractivity contribution is -0.119. The fourth-order valence-electron chi connectivity index (χ4n) is 4.50. The number of fused-ring (bicyclic) bond motifs is 1. The van der Waals surface area contributed by atoms with Gasteiger partial charge in [-0.15, -0.1) is 0 Å². The van der Waals surface area contributed by atoms with E-state index in [2.05, 4.69) is 9.97 Å². The summed E-state index contributed by atoms with van der Waals surface area (Å²) in [5, 5.41) is 0.0571. The Labute approximate surface area is 177 Å². The van der Waals surface area contributed by atoms with Crippen LogP contribution in [-0.2, 0) is 9.53 Å². The van der Waals surface area contributed by atoms with Crippen molar-refractivity contribution >= 4 is 29.0 Å². The molecule has 0 radical (unpaired) electrons. The Bertz CT molecular complexity index is 1210. The largest absolute Gasteiger partial charge is 0.457 e. The predicted molar refractivity (Wildman–Crippen MR) is 108 cm³/mol. The second-order valence-corrected chi connectivity index (χ2v) is 8.88. The van der Waals surface area contributed by atoms with Gasteiger partial charge >= 0.3 is 0 Å². The van der Waals surface area contributed by atoms with Gasteiger partial charge in [-0.1, -0.05) is 38.1 Å². The zero-order valence-electron chi connectivity index (χ0n) is 16.4. The molecule has 1 atom stereocenters. The first kappa shape index (κ1) is 18.9. The average Bonchev–Trinajstić information content (AvgIpc) is 2.70. The molecule has 2 aliphatic carbocycles. The highest BCUT2D eigenvalue weighted by molar-refractivity contribution is 6.28. The van der Waals surface area contributed by atoms with E-state index in [1.165, 1.54) is 12.4 Å². The maximum Gasteiger partial charge on any atom is 0.229 e. The Morgan fingerprint density at radius 1 is 0.967 bits per heavy atom. The molecular weight excluding hydrogens is 404 g/mol. The van der Waals surface area contributed by atoms with Crippen LogP contribution in [0.25, 0.3) is 0 Å². The minimum absolute atomic E-state index is 0.0112. The molecule has 1 aliphatic heterocycles. The first-order chi connectivity index (χ1) is 14.3. The lowest BCUT2D eigenvalue weighted by Crippen LogP contribution is -2.37. The second kappa shape index (κ2) is 6.44. The molecule has 1 unspecified atom stereocenters. The van der Waals surface area contributed by atoms with Gasteiger partial charge in [0.25, 0.3) is 0 Å². The molecule has 0 fully saturated rings. The van der Waals surface area contributed by atoms with E-state index in [9.17, 15) is 14.4 Å². The van der Waals surface area contributed by atoms with Crippen molar-refractivity contribution in [3.63, 3.8) is 0 Å². The molecule has 0 amide bonds. The van der Waals surface area contributed by atoms with Crippen molar-refractivity contribution in [2.75, 3.05) is 0 Å². The van der Waals surface area contributed by atoms with E-state index in [0.717, 1.165) is 0 Å². The molecule has 5 rings (SSSR count). The minimum atomic E-state index is -0.769. The summed E-state index contributed by atoms with van der Waals surface area (Å²) in [6.45, 7) is 3.96. The summed E-state index contributed by atoms with van der Waals surface area (Å²) in [7, 11) is 0. The molecule has 7 heteroatoms. The smallest absolute Gasteiger partial charge is 0.229 e. The van der Waals surface area contributed by atoms with Crippen LogP contribution in [-0.4, -0.2) is 27.3 Å². The van der Waals surface area contributed by atoms with E-state index in [0.29, 0.717) is 40.9 Å². The number of aromatic nitrogens is 2. The van der Waals surface area contributed by atoms with Gasteiger partial charge in [-0.05, 0) is 17.0 Å². The molecule has 150 valence electrons. The van der Waals surface area contributed by atoms with Gasteiger partial charge in [-0.2, -0.15) is 0 Å². The molecular formula is C23H17ClN2O4. The minimum Gasteiger partial charge on any atom is -0.457 e. The Morgan fingerprint density at radius 2 is 1.60 bits per heavy atom. The second-order valence-electron chi connectivity index (χ2n) is 8.54. The third-order valence-electron chi connectivity index (χ3n) is 5.77. The fraction of sp³-hybridized carbons (Fsp3) is 0.261. The first-order valence-electron chi connectivity index (χ1n) is 9.61. The molecule has 0 saturated heterocycles. The molecule has 0 bridgehead atoms. The maximum absolute atomic E-state index is 13.5. The Hall–Kier alpha value is -3.12. The van der Waals surface area contributed by atoms with Gasteiger partial charge in [-0.3, -0.25) is 14.4 Å². The Balaban J connectivity index is 1.76. The number of hydrogen-bond acceptors (Lipinski definition) is 6. The van der Waals surface area contributed by atoms with Gasteiger partial charge in [0.2, 0.25) is 11.1 Å². The van der Waals surface area contributed by atoms with Crippen LogP contribution in [0.2, 0.25) is 5.28 Å². The SMILES string of the molecule is CC1(C)CC(=O)C2=C(C1)OC1=C(C(=O)c3ccccc3C1=O)C2c1cnc(Cl)nc1. The number of carbonyl (C=O) groups is 3. The predicted octanol–water partition coefficient (Wildman–Crippen LogP) is 4.22. The molecule has 30 heavy (non-hydrogen) atoms. The molecule has 1 aromatic carbocycles. The summed E-state index contributed by atoms with van der Waals surface area (Å²) < 4.78 is 6.02. The van der Waals surface area contributed by atoms with Crippen LogP contribution >= 0.6 is 11.6 Å². The first-order valence-corrected chi connectivity index (χ1v) is 9.99. The number of hydrogen-bond donors (Lipinski definition) is 0. The van der Waals surface area contributed by atoms with Crippen molar-refractivity contribution < 1.29 is 19.1 Å². The van der Waals surface area contributed by atoms with Gasteiger partial charge in [-0.25, -0.2) is 9.97 Å². The van der Waals surface area contributed by atoms with Gasteiger partial charge in [0, 0.05) is 47.5 Å². The summed E-state index contributed by atoms with van der Waals surface area (Å²) >= 11 is 5.85. The third kappa shape index (κ3) is 2.75. The van der Waals surface area contributed by atoms with Crippen LogP contribution in [0, 0.1) is 5.41 Å². The van der Waals surface area contributed by atoms with Crippen molar-refractivity contribution in [3.05, 3.63) is 81.3 Å². The number of ether oxygens (including phenoxy) is 1. The maximum atomic E-state index is 13.5. The number of halogens is 1. The number of benzene rings is 1. The molecule has 0 saturated carbocycles. The lowest BCUT2D eigenvalue weighted by Gasteiger charge is -2.39. The van der Waals surface area contributed by atoms with E-state index in [4.69, 9.17) is 16.3 Å². The van der Waals surface area contributed by atoms with Crippen LogP contribution in [0.1, 0.15) is 58.9 Å². The van der Waals surface area contributed by atoms with Gasteiger partial charge in [0.1, 0.15) is 5.76 Å². The zero-order chi connectivity index (χ0) is 21.2. The summed E-state index contributed by atoms with van der Waals surface area (Å²) in [6.07, 6.45) is 3.79. The van der Waals surface area contributed by atoms with Crippen LogP contribution in [0.5, 0.6) is 0 Å². The summed E-state index contributed by atoms with van der Waals surface area (Å²) in [5.74, 6) is -1.13. The van der Waals surface area contributed by atoms with Crippen LogP contribution in [0.3, 0.4) is 0 Å².